The molecule has 1 aliphatic rings. The molecule has 1 aliphatic heterocycles. The van der Waals surface area contributed by atoms with Crippen LogP contribution >= 0.6 is 15.9 Å². The molecule has 0 N–H and O–H groups in total. The van der Waals surface area contributed by atoms with Crippen molar-refractivity contribution in [2.45, 2.75) is 13.2 Å². The number of rotatable bonds is 4. The van der Waals surface area contributed by atoms with Crippen LogP contribution in [0.1, 0.15) is 31.8 Å². The summed E-state index contributed by atoms with van der Waals surface area (Å²) in [5, 5.41) is 0. The minimum absolute atomic E-state index is 0.242. The fourth-order valence-corrected chi connectivity index (χ4v) is 3.08. The van der Waals surface area contributed by atoms with Crippen LogP contribution in [0, 0.1) is 0 Å². The van der Waals surface area contributed by atoms with E-state index >= 15 is 0 Å². The van der Waals surface area contributed by atoms with Gasteiger partial charge in [-0.2, -0.15) is 0 Å². The summed E-state index contributed by atoms with van der Waals surface area (Å²) in [4.78, 5) is 26.0. The van der Waals surface area contributed by atoms with E-state index in [0.717, 1.165) is 15.6 Å². The Morgan fingerprint density at radius 1 is 1.05 bits per heavy atom. The Morgan fingerprint density at radius 2 is 1.68 bits per heavy atom. The molecule has 0 saturated carbocycles. The van der Waals surface area contributed by atoms with Crippen LogP contribution < -0.4 is 0 Å². The minimum Gasteiger partial charge on any atom is -0.380 e. The van der Waals surface area contributed by atoms with Crippen molar-refractivity contribution < 1.29 is 14.3 Å². The maximum Gasteiger partial charge on any atom is 0.261 e. The van der Waals surface area contributed by atoms with E-state index in [0.29, 0.717) is 17.7 Å². The maximum absolute atomic E-state index is 12.4. The Morgan fingerprint density at radius 3 is 2.23 bits per heavy atom. The molecular formula is C17H14BrNO3. The number of halogens is 1. The summed E-state index contributed by atoms with van der Waals surface area (Å²) >= 11 is 3.49. The number of methoxy groups -OCH3 is 1. The molecule has 112 valence electrons. The molecule has 0 spiro atoms. The van der Waals surface area contributed by atoms with Gasteiger partial charge in [-0.15, -0.1) is 0 Å². The average Bonchev–Trinajstić information content (AvgIpc) is 2.75. The first-order chi connectivity index (χ1) is 10.6. The molecule has 0 aromatic heterocycles. The van der Waals surface area contributed by atoms with Crippen LogP contribution in [0.4, 0.5) is 0 Å². The number of hydrogen-bond acceptors (Lipinski definition) is 3. The van der Waals surface area contributed by atoms with Crippen molar-refractivity contribution >= 4 is 27.7 Å². The topological polar surface area (TPSA) is 46.6 Å². The number of amides is 2. The van der Waals surface area contributed by atoms with Gasteiger partial charge in [0.15, 0.2) is 0 Å². The quantitative estimate of drug-likeness (QED) is 0.786. The molecule has 0 fully saturated rings. The second kappa shape index (κ2) is 6.02. The number of fused-ring (bicyclic) bond motifs is 1. The fourth-order valence-electron chi connectivity index (χ4n) is 2.53. The number of nitrogens with zero attached hydrogens (tertiary/aromatic N) is 1. The van der Waals surface area contributed by atoms with Crippen LogP contribution in [0.15, 0.2) is 46.9 Å². The van der Waals surface area contributed by atoms with Crippen LogP contribution in [0.25, 0.3) is 0 Å². The number of benzene rings is 2. The van der Waals surface area contributed by atoms with Crippen molar-refractivity contribution in [2.75, 3.05) is 7.11 Å². The lowest BCUT2D eigenvalue weighted by Gasteiger charge is -2.15. The van der Waals surface area contributed by atoms with Gasteiger partial charge in [-0.1, -0.05) is 40.2 Å². The van der Waals surface area contributed by atoms with Crippen LogP contribution in [-0.2, 0) is 17.9 Å². The van der Waals surface area contributed by atoms with E-state index in [1.165, 1.54) is 4.90 Å². The van der Waals surface area contributed by atoms with Gasteiger partial charge >= 0.3 is 0 Å². The Balaban J connectivity index is 1.86. The van der Waals surface area contributed by atoms with E-state index in [2.05, 4.69) is 15.9 Å². The van der Waals surface area contributed by atoms with Gasteiger partial charge in [-0.05, 0) is 29.3 Å². The Bertz CT molecular complexity index is 722. The molecule has 0 bridgehead atoms. The van der Waals surface area contributed by atoms with Gasteiger partial charge in [0.1, 0.15) is 0 Å². The molecule has 22 heavy (non-hydrogen) atoms. The predicted octanol–water partition coefficient (Wildman–Crippen LogP) is 3.39. The fraction of sp³-hybridized carbons (Fsp3) is 0.176. The third-order valence-corrected chi connectivity index (χ3v) is 4.37. The van der Waals surface area contributed by atoms with Gasteiger partial charge in [0.05, 0.1) is 24.3 Å². The van der Waals surface area contributed by atoms with Crippen molar-refractivity contribution in [2.24, 2.45) is 0 Å². The number of imide groups is 1. The van der Waals surface area contributed by atoms with E-state index < -0.39 is 0 Å². The number of hydrogen-bond donors (Lipinski definition) is 0. The van der Waals surface area contributed by atoms with E-state index in [1.54, 1.807) is 31.4 Å². The van der Waals surface area contributed by atoms with Crippen molar-refractivity contribution in [3.8, 4) is 0 Å². The van der Waals surface area contributed by atoms with Gasteiger partial charge in [-0.3, -0.25) is 14.5 Å². The Labute approximate surface area is 136 Å². The first-order valence-electron chi connectivity index (χ1n) is 6.83. The second-order valence-electron chi connectivity index (χ2n) is 5.10. The Hall–Kier alpha value is -1.98. The smallest absolute Gasteiger partial charge is 0.261 e. The van der Waals surface area contributed by atoms with Gasteiger partial charge in [-0.25, -0.2) is 0 Å². The SMILES string of the molecule is COCc1ccc(CN2C(=O)c3ccccc3C2=O)c(Br)c1. The van der Waals surface area contributed by atoms with E-state index in [9.17, 15) is 9.59 Å². The number of carbonyl (C=O) groups excluding carboxylic acids is 2. The molecule has 5 heteroatoms. The molecule has 4 nitrogen and oxygen atoms in total. The summed E-state index contributed by atoms with van der Waals surface area (Å²) in [5.74, 6) is -0.484. The molecule has 2 aromatic carbocycles. The third kappa shape index (κ3) is 2.58. The zero-order chi connectivity index (χ0) is 15.7. The highest BCUT2D eigenvalue weighted by Gasteiger charge is 2.35. The lowest BCUT2D eigenvalue weighted by Crippen LogP contribution is -2.29. The highest BCUT2D eigenvalue weighted by Crippen LogP contribution is 2.27. The third-order valence-electron chi connectivity index (χ3n) is 3.64. The van der Waals surface area contributed by atoms with E-state index in [-0.39, 0.29) is 18.4 Å². The van der Waals surface area contributed by atoms with Crippen LogP contribution in [-0.4, -0.2) is 23.8 Å². The molecule has 3 rings (SSSR count). The maximum atomic E-state index is 12.4. The summed E-state index contributed by atoms with van der Waals surface area (Å²) in [5.41, 5.74) is 2.86. The first kappa shape index (κ1) is 14.9. The lowest BCUT2D eigenvalue weighted by molar-refractivity contribution is 0.0642. The monoisotopic (exact) mass is 359 g/mol. The summed E-state index contributed by atoms with van der Waals surface area (Å²) in [6, 6.07) is 12.7. The highest BCUT2D eigenvalue weighted by atomic mass is 79.9. The molecule has 1 heterocycles. The van der Waals surface area contributed by atoms with Gasteiger partial charge in [0, 0.05) is 11.6 Å². The summed E-state index contributed by atoms with van der Waals surface area (Å²) in [6.07, 6.45) is 0. The van der Waals surface area contributed by atoms with Crippen molar-refractivity contribution in [1.82, 2.24) is 4.90 Å². The lowest BCUT2D eigenvalue weighted by atomic mass is 10.1. The molecule has 0 unspecified atom stereocenters. The highest BCUT2D eigenvalue weighted by molar-refractivity contribution is 9.10. The van der Waals surface area contributed by atoms with E-state index in [1.807, 2.05) is 18.2 Å². The van der Waals surface area contributed by atoms with Gasteiger partial charge in [0.25, 0.3) is 11.8 Å². The number of carbonyl (C=O) groups is 2. The van der Waals surface area contributed by atoms with Crippen LogP contribution in [0.5, 0.6) is 0 Å². The van der Waals surface area contributed by atoms with Crippen molar-refractivity contribution in [1.29, 1.82) is 0 Å². The Kier molecular flexibility index (Phi) is 4.09. The molecule has 2 aromatic rings. The number of ether oxygens (including phenoxy) is 1. The molecule has 0 aliphatic carbocycles. The molecule has 0 saturated heterocycles. The summed E-state index contributed by atoms with van der Waals surface area (Å²) in [6.45, 7) is 0.770. The molecule has 0 radical (unpaired) electrons. The summed E-state index contributed by atoms with van der Waals surface area (Å²) in [7, 11) is 1.64. The zero-order valence-electron chi connectivity index (χ0n) is 12.0. The van der Waals surface area contributed by atoms with Crippen molar-refractivity contribution in [3.05, 3.63) is 69.2 Å². The first-order valence-corrected chi connectivity index (χ1v) is 7.62. The van der Waals surface area contributed by atoms with Gasteiger partial charge in [0.2, 0.25) is 0 Å². The van der Waals surface area contributed by atoms with Crippen molar-refractivity contribution in [3.63, 3.8) is 0 Å². The zero-order valence-corrected chi connectivity index (χ0v) is 13.6. The van der Waals surface area contributed by atoms with Crippen LogP contribution in [0.2, 0.25) is 0 Å². The normalized spacial score (nSPS) is 13.6. The molecule has 2 amide bonds. The van der Waals surface area contributed by atoms with E-state index in [4.69, 9.17) is 4.74 Å². The second-order valence-corrected chi connectivity index (χ2v) is 5.96. The molecular weight excluding hydrogens is 346 g/mol. The standard InChI is InChI=1S/C17H14BrNO3/c1-22-10-11-6-7-12(15(18)8-11)9-19-16(20)13-4-2-3-5-14(13)17(19)21/h2-8H,9-10H2,1H3. The van der Waals surface area contributed by atoms with Gasteiger partial charge < -0.3 is 4.74 Å². The predicted molar refractivity (Wildman–Crippen MR) is 85.5 cm³/mol. The molecule has 0 atom stereocenters. The largest absolute Gasteiger partial charge is 0.380 e. The minimum atomic E-state index is -0.242. The summed E-state index contributed by atoms with van der Waals surface area (Å²) < 4.78 is 5.95. The average molecular weight is 360 g/mol. The van der Waals surface area contributed by atoms with Crippen LogP contribution in [0.3, 0.4) is 0 Å².